The minimum absolute atomic E-state index is 0.0109. The van der Waals surface area contributed by atoms with E-state index in [1.54, 1.807) is 0 Å². The molecule has 4 aliphatic rings. The zero-order chi connectivity index (χ0) is 15.1. The molecular formula is C14H22N2O6+2. The van der Waals surface area contributed by atoms with Gasteiger partial charge in [-0.1, -0.05) is 0 Å². The first-order valence-corrected chi connectivity index (χ1v) is 8.05. The molecule has 0 aromatic rings. The molecule has 0 bridgehead atoms. The van der Waals surface area contributed by atoms with Gasteiger partial charge in [-0.05, 0) is 25.7 Å². The summed E-state index contributed by atoms with van der Waals surface area (Å²) in [4.78, 5) is 21.6. The molecule has 2 heterocycles. The van der Waals surface area contributed by atoms with E-state index in [2.05, 4.69) is 15.3 Å². The lowest BCUT2D eigenvalue weighted by Gasteiger charge is -2.20. The molecule has 2 saturated carbocycles. The van der Waals surface area contributed by atoms with Crippen molar-refractivity contribution in [3.63, 3.8) is 0 Å². The predicted octanol–water partition coefficient (Wildman–Crippen LogP) is -1.13. The van der Waals surface area contributed by atoms with Crippen molar-refractivity contribution in [1.29, 1.82) is 0 Å². The van der Waals surface area contributed by atoms with Crippen LogP contribution in [0, 0.1) is 11.8 Å². The Morgan fingerprint density at radius 2 is 2.14 bits per heavy atom. The van der Waals surface area contributed by atoms with Gasteiger partial charge in [0.05, 0.1) is 18.1 Å². The molecular weight excluding hydrogens is 292 g/mol. The zero-order valence-electron chi connectivity index (χ0n) is 12.3. The lowest BCUT2D eigenvalue weighted by atomic mass is 9.89. The lowest BCUT2D eigenvalue weighted by molar-refractivity contribution is -0.794. The normalized spacial score (nSPS) is 43.9. The first-order chi connectivity index (χ1) is 10.7. The summed E-state index contributed by atoms with van der Waals surface area (Å²) in [6, 6.07) is 0. The Balaban J connectivity index is 1.16. The van der Waals surface area contributed by atoms with Gasteiger partial charge in [-0.15, -0.1) is 0 Å². The van der Waals surface area contributed by atoms with Gasteiger partial charge in [-0.2, -0.15) is 4.84 Å². The predicted molar refractivity (Wildman–Crippen MR) is 69.7 cm³/mol. The van der Waals surface area contributed by atoms with E-state index < -0.39 is 6.29 Å². The Hall–Kier alpha value is -1.25. The molecule has 0 amide bonds. The Morgan fingerprint density at radius 3 is 2.95 bits per heavy atom. The highest BCUT2D eigenvalue weighted by Crippen LogP contribution is 2.40. The fourth-order valence-electron chi connectivity index (χ4n) is 3.68. The van der Waals surface area contributed by atoms with Crippen molar-refractivity contribution < 1.29 is 34.3 Å². The van der Waals surface area contributed by atoms with Gasteiger partial charge in [0.2, 0.25) is 23.8 Å². The van der Waals surface area contributed by atoms with E-state index in [9.17, 15) is 9.90 Å². The van der Waals surface area contributed by atoms with Gasteiger partial charge in [0.15, 0.2) is 0 Å². The van der Waals surface area contributed by atoms with Gasteiger partial charge in [0.25, 0.3) is 0 Å². The third-order valence-corrected chi connectivity index (χ3v) is 5.20. The molecule has 4 fully saturated rings. The molecule has 2 saturated heterocycles. The molecule has 3 N–H and O–H groups in total. The number of aliphatic hydroxyl groups is 3. The summed E-state index contributed by atoms with van der Waals surface area (Å²) in [5, 5.41) is 15.5. The van der Waals surface area contributed by atoms with Crippen molar-refractivity contribution in [2.75, 3.05) is 0 Å². The smallest absolute Gasteiger partial charge is 0.386 e. The third-order valence-electron chi connectivity index (χ3n) is 5.20. The summed E-state index contributed by atoms with van der Waals surface area (Å²) in [7, 11) is 0. The summed E-state index contributed by atoms with van der Waals surface area (Å²) >= 11 is 0. The van der Waals surface area contributed by atoms with Crippen molar-refractivity contribution in [2.45, 2.75) is 69.2 Å². The van der Waals surface area contributed by atoms with Crippen LogP contribution in [0.3, 0.4) is 0 Å². The summed E-state index contributed by atoms with van der Waals surface area (Å²) in [5.41, 5.74) is 0. The highest BCUT2D eigenvalue weighted by atomic mass is 16.8. The van der Waals surface area contributed by atoms with Crippen LogP contribution in [-0.2, 0) is 19.2 Å². The Morgan fingerprint density at radius 1 is 1.23 bits per heavy atom. The summed E-state index contributed by atoms with van der Waals surface area (Å²) < 4.78 is 9.75. The van der Waals surface area contributed by atoms with Crippen molar-refractivity contribution in [3.05, 3.63) is 0 Å². The SMILES string of the molecule is O=C(O/[NH+]=N/OC(O)C1CCC2OC2C1)C1CCC2[OH+]C2C1. The minimum Gasteiger partial charge on any atom is -0.417 e. The first kappa shape index (κ1) is 14.3. The van der Waals surface area contributed by atoms with Crippen LogP contribution in [0.15, 0.2) is 5.28 Å². The van der Waals surface area contributed by atoms with Gasteiger partial charge in [0, 0.05) is 18.8 Å². The molecule has 2 aliphatic carbocycles. The van der Waals surface area contributed by atoms with Crippen LogP contribution in [0.4, 0.5) is 0 Å². The van der Waals surface area contributed by atoms with Gasteiger partial charge < -0.3 is 19.4 Å². The standard InChI is InChI=1S/C14H20N2O6/c17-13(7-1-3-9-11(5-7)19-9)21-15-16-22-14(18)8-2-4-10-12(6-8)20-10/h7-13,17H,1-6H2/p+2/b16-15+. The lowest BCUT2D eigenvalue weighted by Crippen LogP contribution is -2.67. The van der Waals surface area contributed by atoms with Crippen LogP contribution in [-0.4, -0.2) is 46.5 Å². The monoisotopic (exact) mass is 314 g/mol. The number of epoxide rings is 2. The van der Waals surface area contributed by atoms with Crippen molar-refractivity contribution in [1.82, 2.24) is 0 Å². The Kier molecular flexibility index (Phi) is 3.75. The summed E-state index contributed by atoms with van der Waals surface area (Å²) in [5.74, 6) is -0.451. The number of nitrogens with one attached hydrogen (secondary N) is 1. The molecule has 0 aromatic heterocycles. The average molecular weight is 314 g/mol. The Labute approximate surface area is 127 Å². The molecule has 7 unspecified atom stereocenters. The quantitative estimate of drug-likeness (QED) is 0.220. The number of ether oxygens (including phenoxy) is 2. The van der Waals surface area contributed by atoms with E-state index in [1.807, 2.05) is 0 Å². The number of nitrogens with zero attached hydrogens (tertiary/aromatic N) is 1. The van der Waals surface area contributed by atoms with E-state index in [0.717, 1.165) is 38.5 Å². The maximum absolute atomic E-state index is 11.8. The van der Waals surface area contributed by atoms with Gasteiger partial charge in [-0.3, -0.25) is 0 Å². The second-order valence-corrected chi connectivity index (χ2v) is 6.68. The van der Waals surface area contributed by atoms with Crippen LogP contribution >= 0.6 is 0 Å². The minimum atomic E-state index is -1.00. The number of hydrogen-bond donors (Lipinski definition) is 2. The third kappa shape index (κ3) is 3.09. The van der Waals surface area contributed by atoms with E-state index in [-0.39, 0.29) is 23.9 Å². The van der Waals surface area contributed by atoms with Gasteiger partial charge >= 0.3 is 5.97 Å². The van der Waals surface area contributed by atoms with Crippen molar-refractivity contribution >= 4 is 5.97 Å². The van der Waals surface area contributed by atoms with Crippen molar-refractivity contribution in [3.8, 4) is 0 Å². The number of rotatable bonds is 5. The van der Waals surface area contributed by atoms with E-state index in [1.165, 1.54) is 0 Å². The number of aliphatic hydroxyl groups excluding tert-OH is 1. The van der Waals surface area contributed by atoms with E-state index in [0.29, 0.717) is 18.3 Å². The Bertz CT molecular complexity index is 472. The van der Waals surface area contributed by atoms with Crippen molar-refractivity contribution in [2.24, 2.45) is 17.1 Å². The van der Waals surface area contributed by atoms with E-state index in [4.69, 9.17) is 14.4 Å². The molecule has 7 atom stereocenters. The van der Waals surface area contributed by atoms with Crippen LogP contribution in [0.1, 0.15) is 38.5 Å². The molecule has 4 rings (SSSR count). The maximum atomic E-state index is 11.8. The molecule has 2 aliphatic heterocycles. The van der Waals surface area contributed by atoms with Gasteiger partial charge in [-0.25, -0.2) is 4.79 Å². The largest absolute Gasteiger partial charge is 0.417 e. The van der Waals surface area contributed by atoms with Crippen LogP contribution in [0.2, 0.25) is 0 Å². The van der Waals surface area contributed by atoms with Crippen LogP contribution in [0.5, 0.6) is 0 Å². The first-order valence-electron chi connectivity index (χ1n) is 8.05. The number of carbonyl (C=O) groups is 1. The summed E-state index contributed by atoms with van der Waals surface area (Å²) in [6.07, 6.45) is 5.59. The molecule has 22 heavy (non-hydrogen) atoms. The topological polar surface area (TPSA) is 107 Å². The second kappa shape index (κ2) is 5.75. The highest BCUT2D eigenvalue weighted by molar-refractivity contribution is 5.71. The fraction of sp³-hybridized carbons (Fsp3) is 0.929. The zero-order valence-corrected chi connectivity index (χ0v) is 12.3. The highest BCUT2D eigenvalue weighted by Gasteiger charge is 2.54. The molecule has 0 radical (unpaired) electrons. The number of hydrogen-bond acceptors (Lipinski definition) is 6. The second-order valence-electron chi connectivity index (χ2n) is 6.68. The molecule has 122 valence electrons. The van der Waals surface area contributed by atoms with Crippen LogP contribution in [0.25, 0.3) is 0 Å². The maximum Gasteiger partial charge on any atom is 0.386 e. The number of fused-ring (bicyclic) bond motifs is 2. The fourth-order valence-corrected chi connectivity index (χ4v) is 3.68. The molecule has 8 nitrogen and oxygen atoms in total. The summed E-state index contributed by atoms with van der Waals surface area (Å²) in [6.45, 7) is 0. The van der Waals surface area contributed by atoms with Gasteiger partial charge in [0.1, 0.15) is 5.28 Å². The molecule has 0 aromatic carbocycles. The van der Waals surface area contributed by atoms with E-state index >= 15 is 0 Å². The molecule has 8 heteroatoms. The molecule has 0 spiro atoms. The average Bonchev–Trinajstić information content (AvgIpc) is 3.43. The number of carbonyl (C=O) groups excluding carboxylic acids is 1. The van der Waals surface area contributed by atoms with Crippen LogP contribution < -0.4 is 5.28 Å².